The SMILES string of the molecule is CCOc1c(C)cc2[nH]c(CCC(=O)[O-])nc2c1C. The highest BCUT2D eigenvalue weighted by atomic mass is 16.5. The number of aryl methyl sites for hydroxylation is 3. The second-order valence-corrected chi connectivity index (χ2v) is 4.53. The summed E-state index contributed by atoms with van der Waals surface area (Å²) in [5.41, 5.74) is 3.77. The molecule has 0 amide bonds. The van der Waals surface area contributed by atoms with Gasteiger partial charge in [-0.3, -0.25) is 0 Å². The summed E-state index contributed by atoms with van der Waals surface area (Å²) in [7, 11) is 0. The van der Waals surface area contributed by atoms with Crippen molar-refractivity contribution in [3.8, 4) is 5.75 Å². The Hall–Kier alpha value is -2.04. The summed E-state index contributed by atoms with van der Waals surface area (Å²) in [6, 6.07) is 1.98. The molecule has 0 bridgehead atoms. The summed E-state index contributed by atoms with van der Waals surface area (Å²) in [4.78, 5) is 18.1. The van der Waals surface area contributed by atoms with Crippen LogP contribution in [0.25, 0.3) is 11.0 Å². The number of nitrogens with zero attached hydrogens (tertiary/aromatic N) is 1. The Balaban J connectivity index is 2.42. The van der Waals surface area contributed by atoms with Crippen molar-refractivity contribution >= 4 is 17.0 Å². The van der Waals surface area contributed by atoms with Gasteiger partial charge in [0.2, 0.25) is 0 Å². The van der Waals surface area contributed by atoms with Crippen LogP contribution in [0.1, 0.15) is 30.3 Å². The Bertz CT molecular complexity index is 617. The van der Waals surface area contributed by atoms with Gasteiger partial charge in [0, 0.05) is 18.0 Å². The van der Waals surface area contributed by atoms with Crippen molar-refractivity contribution in [2.75, 3.05) is 6.61 Å². The lowest BCUT2D eigenvalue weighted by molar-refractivity contribution is -0.305. The molecule has 5 nitrogen and oxygen atoms in total. The van der Waals surface area contributed by atoms with E-state index in [4.69, 9.17) is 4.74 Å². The number of hydrogen-bond acceptors (Lipinski definition) is 4. The predicted molar refractivity (Wildman–Crippen MR) is 70.1 cm³/mol. The van der Waals surface area contributed by atoms with Crippen LogP contribution >= 0.6 is 0 Å². The summed E-state index contributed by atoms with van der Waals surface area (Å²) in [5.74, 6) is 0.451. The molecule has 0 saturated carbocycles. The molecule has 1 heterocycles. The van der Waals surface area contributed by atoms with E-state index < -0.39 is 5.97 Å². The van der Waals surface area contributed by atoms with Gasteiger partial charge in [-0.05, 0) is 38.8 Å². The summed E-state index contributed by atoms with van der Waals surface area (Å²) in [6.07, 6.45) is 0.315. The van der Waals surface area contributed by atoms with E-state index in [1.54, 1.807) is 0 Å². The van der Waals surface area contributed by atoms with Crippen LogP contribution < -0.4 is 9.84 Å². The zero-order chi connectivity index (χ0) is 14.0. The molecule has 0 saturated heterocycles. The van der Waals surface area contributed by atoms with E-state index in [-0.39, 0.29) is 6.42 Å². The number of carbonyl (C=O) groups excluding carboxylic acids is 1. The normalized spacial score (nSPS) is 10.9. The summed E-state index contributed by atoms with van der Waals surface area (Å²) in [6.45, 7) is 6.50. The van der Waals surface area contributed by atoms with Gasteiger partial charge < -0.3 is 19.6 Å². The molecule has 0 aliphatic carbocycles. The van der Waals surface area contributed by atoms with Crippen molar-refractivity contribution < 1.29 is 14.6 Å². The fraction of sp³-hybridized carbons (Fsp3) is 0.429. The van der Waals surface area contributed by atoms with Crippen molar-refractivity contribution in [1.82, 2.24) is 9.97 Å². The largest absolute Gasteiger partial charge is 0.550 e. The number of aromatic amines is 1. The zero-order valence-electron chi connectivity index (χ0n) is 11.4. The highest BCUT2D eigenvalue weighted by Gasteiger charge is 2.12. The van der Waals surface area contributed by atoms with Crippen LogP contribution in [0.3, 0.4) is 0 Å². The second-order valence-electron chi connectivity index (χ2n) is 4.53. The first-order valence-corrected chi connectivity index (χ1v) is 6.34. The average molecular weight is 261 g/mol. The molecule has 2 aromatic rings. The minimum Gasteiger partial charge on any atom is -0.550 e. The summed E-state index contributed by atoms with van der Waals surface area (Å²) in [5, 5.41) is 10.5. The Morgan fingerprint density at radius 1 is 1.47 bits per heavy atom. The van der Waals surface area contributed by atoms with Gasteiger partial charge in [-0.2, -0.15) is 0 Å². The van der Waals surface area contributed by atoms with E-state index in [1.165, 1.54) is 0 Å². The number of H-pyrrole nitrogens is 1. The molecule has 0 unspecified atom stereocenters. The van der Waals surface area contributed by atoms with Crippen LogP contribution in [-0.2, 0) is 11.2 Å². The molecular formula is C14H17N2O3-. The van der Waals surface area contributed by atoms with Crippen molar-refractivity contribution in [2.24, 2.45) is 0 Å². The Kier molecular flexibility index (Phi) is 3.74. The molecule has 0 fully saturated rings. The summed E-state index contributed by atoms with van der Waals surface area (Å²) < 4.78 is 5.62. The fourth-order valence-corrected chi connectivity index (χ4v) is 2.22. The maximum atomic E-state index is 10.5. The van der Waals surface area contributed by atoms with Crippen LogP contribution in [0.4, 0.5) is 0 Å². The third kappa shape index (κ3) is 2.70. The fourth-order valence-electron chi connectivity index (χ4n) is 2.22. The molecular weight excluding hydrogens is 244 g/mol. The molecule has 19 heavy (non-hydrogen) atoms. The smallest absolute Gasteiger partial charge is 0.127 e. The number of carboxylic acid groups (broad SMARTS) is 1. The second kappa shape index (κ2) is 5.30. The third-order valence-corrected chi connectivity index (χ3v) is 3.05. The van der Waals surface area contributed by atoms with Crippen LogP contribution in [0.5, 0.6) is 5.75 Å². The molecule has 0 spiro atoms. The number of benzene rings is 1. The van der Waals surface area contributed by atoms with Gasteiger partial charge >= 0.3 is 0 Å². The van der Waals surface area contributed by atoms with Gasteiger partial charge in [-0.1, -0.05) is 0 Å². The van der Waals surface area contributed by atoms with Crippen LogP contribution in [-0.4, -0.2) is 22.5 Å². The van der Waals surface area contributed by atoms with E-state index in [9.17, 15) is 9.90 Å². The molecule has 0 aliphatic heterocycles. The number of imidazole rings is 1. The highest BCUT2D eigenvalue weighted by Crippen LogP contribution is 2.30. The first-order chi connectivity index (χ1) is 9.02. The minimum absolute atomic E-state index is 0.0316. The predicted octanol–water partition coefficient (Wildman–Crippen LogP) is 1.26. The van der Waals surface area contributed by atoms with Gasteiger partial charge in [0.05, 0.1) is 17.6 Å². The highest BCUT2D eigenvalue weighted by molar-refractivity contribution is 5.82. The topological polar surface area (TPSA) is 78.0 Å². The van der Waals surface area contributed by atoms with Gasteiger partial charge in [-0.25, -0.2) is 4.98 Å². The molecule has 0 radical (unpaired) electrons. The third-order valence-electron chi connectivity index (χ3n) is 3.05. The van der Waals surface area contributed by atoms with Gasteiger partial charge in [-0.15, -0.1) is 0 Å². The first kappa shape index (κ1) is 13.4. The maximum Gasteiger partial charge on any atom is 0.127 e. The van der Waals surface area contributed by atoms with E-state index in [0.29, 0.717) is 18.9 Å². The average Bonchev–Trinajstić information content (AvgIpc) is 2.75. The van der Waals surface area contributed by atoms with Crippen molar-refractivity contribution in [3.63, 3.8) is 0 Å². The van der Waals surface area contributed by atoms with Crippen molar-refractivity contribution in [3.05, 3.63) is 23.0 Å². The number of rotatable bonds is 5. The summed E-state index contributed by atoms with van der Waals surface area (Å²) >= 11 is 0. The number of ether oxygens (including phenoxy) is 1. The van der Waals surface area contributed by atoms with Gasteiger partial charge in [0.25, 0.3) is 0 Å². The molecule has 1 N–H and O–H groups in total. The Morgan fingerprint density at radius 2 is 2.21 bits per heavy atom. The van der Waals surface area contributed by atoms with E-state index in [1.807, 2.05) is 26.8 Å². The molecule has 5 heteroatoms. The Labute approximate surface area is 111 Å². The van der Waals surface area contributed by atoms with Crippen molar-refractivity contribution in [1.29, 1.82) is 0 Å². The molecule has 0 aliphatic rings. The minimum atomic E-state index is -1.07. The number of carboxylic acids is 1. The van der Waals surface area contributed by atoms with Gasteiger partial charge in [0.1, 0.15) is 11.6 Å². The van der Waals surface area contributed by atoms with Crippen LogP contribution in [0, 0.1) is 13.8 Å². The molecule has 0 atom stereocenters. The molecule has 1 aromatic carbocycles. The molecule has 2 rings (SSSR count). The van der Waals surface area contributed by atoms with Gasteiger partial charge in [0.15, 0.2) is 0 Å². The lowest BCUT2D eigenvalue weighted by atomic mass is 10.1. The zero-order valence-corrected chi connectivity index (χ0v) is 11.4. The van der Waals surface area contributed by atoms with Crippen molar-refractivity contribution in [2.45, 2.75) is 33.6 Å². The van der Waals surface area contributed by atoms with E-state index in [0.717, 1.165) is 27.9 Å². The lowest BCUT2D eigenvalue weighted by Crippen LogP contribution is -2.22. The monoisotopic (exact) mass is 261 g/mol. The molecule has 102 valence electrons. The maximum absolute atomic E-state index is 10.5. The van der Waals surface area contributed by atoms with Crippen LogP contribution in [0.2, 0.25) is 0 Å². The number of aliphatic carboxylic acids is 1. The quantitative estimate of drug-likeness (QED) is 0.879. The van der Waals surface area contributed by atoms with E-state index in [2.05, 4.69) is 9.97 Å². The lowest BCUT2D eigenvalue weighted by Gasteiger charge is -2.10. The first-order valence-electron chi connectivity index (χ1n) is 6.34. The standard InChI is InChI=1S/C14H18N2O3/c1-4-19-14-8(2)7-10-13(9(14)3)16-11(15-10)5-6-12(17)18/h7H,4-6H2,1-3H3,(H,15,16)(H,17,18)/p-1. The number of hydrogen-bond donors (Lipinski definition) is 1. The van der Waals surface area contributed by atoms with E-state index >= 15 is 0 Å². The number of carbonyl (C=O) groups is 1. The number of fused-ring (bicyclic) bond motifs is 1. The van der Waals surface area contributed by atoms with Crippen LogP contribution in [0.15, 0.2) is 6.07 Å². The number of nitrogens with one attached hydrogen (secondary N) is 1. The number of aromatic nitrogens is 2. The Morgan fingerprint density at radius 3 is 2.84 bits per heavy atom. The molecule has 1 aromatic heterocycles.